The Hall–Kier alpha value is -2.59. The van der Waals surface area contributed by atoms with Crippen molar-refractivity contribution < 1.29 is 14.3 Å². The maximum absolute atomic E-state index is 12.3. The Morgan fingerprint density at radius 3 is 2.35 bits per heavy atom. The number of methoxy groups -OCH3 is 1. The molecule has 7 heteroatoms. The summed E-state index contributed by atoms with van der Waals surface area (Å²) < 4.78 is 5.08. The lowest BCUT2D eigenvalue weighted by Crippen LogP contribution is -2.52. The van der Waals surface area contributed by atoms with E-state index in [-0.39, 0.29) is 11.8 Å². The molecule has 2 rings (SSSR count). The number of nitrogens with one attached hydrogen (secondary N) is 1. The quantitative estimate of drug-likeness (QED) is 0.824. The van der Waals surface area contributed by atoms with Crippen molar-refractivity contribution in [3.63, 3.8) is 0 Å². The molecule has 1 fully saturated rings. The van der Waals surface area contributed by atoms with Crippen LogP contribution in [0.5, 0.6) is 5.75 Å². The van der Waals surface area contributed by atoms with Crippen LogP contribution in [0.25, 0.3) is 0 Å². The zero-order valence-electron chi connectivity index (χ0n) is 15.6. The molecule has 1 aliphatic heterocycles. The zero-order valence-corrected chi connectivity index (χ0v) is 15.6. The van der Waals surface area contributed by atoms with Crippen molar-refractivity contribution in [2.45, 2.75) is 13.8 Å². The minimum atomic E-state index is -0.978. The molecule has 1 aromatic carbocycles. The summed E-state index contributed by atoms with van der Waals surface area (Å²) in [4.78, 5) is 28.4. The van der Waals surface area contributed by atoms with Gasteiger partial charge in [-0.1, -0.05) is 0 Å². The lowest BCUT2D eigenvalue weighted by atomic mass is 9.93. The van der Waals surface area contributed by atoms with Crippen LogP contribution in [0.3, 0.4) is 0 Å². The van der Waals surface area contributed by atoms with Gasteiger partial charge in [-0.2, -0.15) is 5.26 Å². The number of nitriles is 1. The summed E-state index contributed by atoms with van der Waals surface area (Å²) in [7, 11) is 1.59. The first-order valence-electron chi connectivity index (χ1n) is 8.72. The Labute approximate surface area is 154 Å². The lowest BCUT2D eigenvalue weighted by Gasteiger charge is -2.36. The van der Waals surface area contributed by atoms with Crippen LogP contribution in [0.1, 0.15) is 24.2 Å². The van der Waals surface area contributed by atoms with Gasteiger partial charge in [0.15, 0.2) is 0 Å². The minimum Gasteiger partial charge on any atom is -0.497 e. The number of nitrogens with zero attached hydrogens (tertiary/aromatic N) is 3. The lowest BCUT2D eigenvalue weighted by molar-refractivity contribution is -0.139. The maximum atomic E-state index is 12.3. The summed E-state index contributed by atoms with van der Waals surface area (Å²) in [5, 5.41) is 12.0. The van der Waals surface area contributed by atoms with Crippen LogP contribution < -0.4 is 10.1 Å². The first-order valence-corrected chi connectivity index (χ1v) is 8.72. The molecular formula is C19H26N4O3. The number of carbonyl (C=O) groups excluding carboxylic acids is 2. The number of benzene rings is 1. The molecule has 26 heavy (non-hydrogen) atoms. The summed E-state index contributed by atoms with van der Waals surface area (Å²) in [6.07, 6.45) is 0. The van der Waals surface area contributed by atoms with Gasteiger partial charge in [0.1, 0.15) is 11.2 Å². The predicted molar refractivity (Wildman–Crippen MR) is 97.7 cm³/mol. The molecule has 0 unspecified atom stereocenters. The molecule has 140 valence electrons. The third kappa shape index (κ3) is 4.96. The van der Waals surface area contributed by atoms with E-state index in [2.05, 4.69) is 16.3 Å². The maximum Gasteiger partial charge on any atom is 0.251 e. The highest BCUT2D eigenvalue weighted by molar-refractivity contribution is 5.94. The summed E-state index contributed by atoms with van der Waals surface area (Å²) >= 11 is 0. The van der Waals surface area contributed by atoms with Gasteiger partial charge in [-0.25, -0.2) is 0 Å². The Morgan fingerprint density at radius 2 is 1.81 bits per heavy atom. The Kier molecular flexibility index (Phi) is 6.58. The smallest absolute Gasteiger partial charge is 0.251 e. The fourth-order valence-corrected chi connectivity index (χ4v) is 2.79. The Morgan fingerprint density at radius 1 is 1.19 bits per heavy atom. The van der Waals surface area contributed by atoms with Crippen molar-refractivity contribution in [3.8, 4) is 11.8 Å². The van der Waals surface area contributed by atoms with E-state index in [9.17, 15) is 9.59 Å². The van der Waals surface area contributed by atoms with E-state index < -0.39 is 5.41 Å². The highest BCUT2D eigenvalue weighted by atomic mass is 16.5. The van der Waals surface area contributed by atoms with Gasteiger partial charge in [0.2, 0.25) is 5.91 Å². The molecule has 0 bridgehead atoms. The second-order valence-electron chi connectivity index (χ2n) is 6.86. The van der Waals surface area contributed by atoms with E-state index in [1.165, 1.54) is 0 Å². The topological polar surface area (TPSA) is 85.7 Å². The predicted octanol–water partition coefficient (Wildman–Crippen LogP) is 1.12. The third-order valence-electron chi connectivity index (χ3n) is 4.54. The van der Waals surface area contributed by atoms with Crippen LogP contribution in [0, 0.1) is 16.7 Å². The summed E-state index contributed by atoms with van der Waals surface area (Å²) in [5.41, 5.74) is -0.380. The highest BCUT2D eigenvalue weighted by Gasteiger charge is 2.33. The number of piperazine rings is 1. The van der Waals surface area contributed by atoms with Gasteiger partial charge in [-0.05, 0) is 38.1 Å². The normalized spacial score (nSPS) is 15.2. The first-order chi connectivity index (χ1) is 12.4. The largest absolute Gasteiger partial charge is 0.497 e. The van der Waals surface area contributed by atoms with Gasteiger partial charge in [-0.15, -0.1) is 0 Å². The molecule has 0 aliphatic carbocycles. The van der Waals surface area contributed by atoms with Crippen LogP contribution in [0.2, 0.25) is 0 Å². The molecule has 1 N–H and O–H groups in total. The molecule has 0 spiro atoms. The van der Waals surface area contributed by atoms with E-state index in [1.54, 1.807) is 50.1 Å². The Balaban J connectivity index is 1.72. The highest BCUT2D eigenvalue weighted by Crippen LogP contribution is 2.18. The Bertz CT molecular complexity index is 671. The second kappa shape index (κ2) is 8.68. The SMILES string of the molecule is COc1ccc(C(=O)NCCN2CCN(C(=O)C(C)(C)C#N)CC2)cc1. The van der Waals surface area contributed by atoms with Gasteiger partial charge < -0.3 is 15.0 Å². The summed E-state index contributed by atoms with van der Waals surface area (Å²) in [6, 6.07) is 9.04. The number of carbonyl (C=O) groups is 2. The molecule has 0 radical (unpaired) electrons. The van der Waals surface area contributed by atoms with E-state index in [4.69, 9.17) is 10.00 Å². The average Bonchev–Trinajstić information content (AvgIpc) is 2.68. The fraction of sp³-hybridized carbons (Fsp3) is 0.526. The van der Waals surface area contributed by atoms with Crippen molar-refractivity contribution in [3.05, 3.63) is 29.8 Å². The van der Waals surface area contributed by atoms with Crippen molar-refractivity contribution in [1.29, 1.82) is 5.26 Å². The molecule has 1 saturated heterocycles. The van der Waals surface area contributed by atoms with Gasteiger partial charge in [0.05, 0.1) is 13.2 Å². The molecule has 2 amide bonds. The molecule has 0 saturated carbocycles. The van der Waals surface area contributed by atoms with Crippen LogP contribution in [-0.2, 0) is 4.79 Å². The molecular weight excluding hydrogens is 332 g/mol. The molecule has 1 heterocycles. The number of rotatable bonds is 6. The van der Waals surface area contributed by atoms with E-state index in [0.29, 0.717) is 30.9 Å². The first kappa shape index (κ1) is 19.7. The van der Waals surface area contributed by atoms with Crippen molar-refractivity contribution in [1.82, 2.24) is 15.1 Å². The van der Waals surface area contributed by atoms with Crippen molar-refractivity contribution in [2.75, 3.05) is 46.4 Å². The van der Waals surface area contributed by atoms with Crippen LogP contribution in [0.15, 0.2) is 24.3 Å². The number of hydrogen-bond donors (Lipinski definition) is 1. The number of hydrogen-bond acceptors (Lipinski definition) is 5. The van der Waals surface area contributed by atoms with Crippen molar-refractivity contribution in [2.24, 2.45) is 5.41 Å². The van der Waals surface area contributed by atoms with E-state index in [1.807, 2.05) is 0 Å². The van der Waals surface area contributed by atoms with Gasteiger partial charge in [0.25, 0.3) is 5.91 Å². The summed E-state index contributed by atoms with van der Waals surface area (Å²) in [6.45, 7) is 7.27. The van der Waals surface area contributed by atoms with E-state index in [0.717, 1.165) is 19.6 Å². The van der Waals surface area contributed by atoms with Gasteiger partial charge >= 0.3 is 0 Å². The fourth-order valence-electron chi connectivity index (χ4n) is 2.79. The minimum absolute atomic E-state index is 0.114. The molecule has 7 nitrogen and oxygen atoms in total. The number of amides is 2. The van der Waals surface area contributed by atoms with E-state index >= 15 is 0 Å². The van der Waals surface area contributed by atoms with Crippen LogP contribution in [0.4, 0.5) is 0 Å². The van der Waals surface area contributed by atoms with Crippen LogP contribution in [-0.4, -0.2) is 68.0 Å². The molecule has 1 aromatic rings. The second-order valence-corrected chi connectivity index (χ2v) is 6.86. The van der Waals surface area contributed by atoms with Gasteiger partial charge in [-0.3, -0.25) is 14.5 Å². The van der Waals surface area contributed by atoms with Gasteiger partial charge in [0, 0.05) is 44.8 Å². The molecule has 1 aliphatic rings. The summed E-state index contributed by atoms with van der Waals surface area (Å²) in [5.74, 6) is 0.484. The molecule has 0 atom stereocenters. The van der Waals surface area contributed by atoms with Crippen LogP contribution >= 0.6 is 0 Å². The third-order valence-corrected chi connectivity index (χ3v) is 4.54. The standard InChI is InChI=1S/C19H26N4O3/c1-19(2,14-20)18(25)23-12-10-22(11-13-23)9-8-21-17(24)15-4-6-16(26-3)7-5-15/h4-7H,8-13H2,1-3H3,(H,21,24). The molecule has 0 aromatic heterocycles. The van der Waals surface area contributed by atoms with Crippen molar-refractivity contribution >= 4 is 11.8 Å². The monoisotopic (exact) mass is 358 g/mol. The number of ether oxygens (including phenoxy) is 1. The zero-order chi connectivity index (χ0) is 19.2. The average molecular weight is 358 g/mol.